The van der Waals surface area contributed by atoms with Crippen LogP contribution < -0.4 is 0 Å². The van der Waals surface area contributed by atoms with Crippen molar-refractivity contribution in [3.63, 3.8) is 0 Å². The van der Waals surface area contributed by atoms with Gasteiger partial charge in [-0.25, -0.2) is 0 Å². The van der Waals surface area contributed by atoms with Gasteiger partial charge in [0.15, 0.2) is 0 Å². The molecule has 1 aliphatic heterocycles. The maximum atomic E-state index is 11.6. The van der Waals surface area contributed by atoms with Crippen molar-refractivity contribution in [1.29, 1.82) is 0 Å². The van der Waals surface area contributed by atoms with Crippen LogP contribution >= 0.6 is 0 Å². The smallest absolute Gasteiger partial charge is 0.312 e. The molecule has 0 radical (unpaired) electrons. The largest absolute Gasteiger partial charge is 0.333 e. The average molecular weight is 208 g/mol. The zero-order valence-electron chi connectivity index (χ0n) is 9.03. The fourth-order valence-electron chi connectivity index (χ4n) is 1.60. The molecule has 0 aromatic carbocycles. The summed E-state index contributed by atoms with van der Waals surface area (Å²) in [5.41, 5.74) is 0. The summed E-state index contributed by atoms with van der Waals surface area (Å²) in [4.78, 5) is 26.2. The zero-order chi connectivity index (χ0) is 11.3. The lowest BCUT2D eigenvalue weighted by molar-refractivity contribution is -0.155. The molecule has 1 aliphatic rings. The van der Waals surface area contributed by atoms with E-state index < -0.39 is 0 Å². The van der Waals surface area contributed by atoms with Gasteiger partial charge >= 0.3 is 11.8 Å². The molecule has 15 heavy (non-hydrogen) atoms. The summed E-state index contributed by atoms with van der Waals surface area (Å²) in [6.45, 7) is 4.33. The molecule has 1 fully saturated rings. The van der Waals surface area contributed by atoms with E-state index in [0.29, 0.717) is 32.6 Å². The first-order valence-electron chi connectivity index (χ1n) is 5.22. The number of likely N-dealkylation sites (N-methyl/N-ethyl adjacent to an activating group) is 1. The Hall–Kier alpha value is -1.50. The van der Waals surface area contributed by atoms with E-state index in [1.54, 1.807) is 9.80 Å². The molecule has 0 bridgehead atoms. The van der Waals surface area contributed by atoms with E-state index in [-0.39, 0.29) is 11.8 Å². The van der Waals surface area contributed by atoms with Gasteiger partial charge < -0.3 is 9.80 Å². The van der Waals surface area contributed by atoms with Crippen LogP contribution in [-0.2, 0) is 9.59 Å². The third-order valence-corrected chi connectivity index (χ3v) is 2.53. The Morgan fingerprint density at radius 1 is 1.27 bits per heavy atom. The van der Waals surface area contributed by atoms with Crippen LogP contribution in [0.3, 0.4) is 0 Å². The average Bonchev–Trinajstić information content (AvgIpc) is 2.25. The minimum atomic E-state index is -0.389. The number of hydrogen-bond donors (Lipinski definition) is 0. The molecule has 0 atom stereocenters. The summed E-state index contributed by atoms with van der Waals surface area (Å²) in [6, 6.07) is 0. The van der Waals surface area contributed by atoms with Crippen LogP contribution in [0, 0.1) is 12.3 Å². The van der Waals surface area contributed by atoms with Gasteiger partial charge in [0.2, 0.25) is 0 Å². The maximum absolute atomic E-state index is 11.6. The van der Waals surface area contributed by atoms with Crippen LogP contribution in [0.15, 0.2) is 0 Å². The molecule has 1 heterocycles. The topological polar surface area (TPSA) is 40.6 Å². The van der Waals surface area contributed by atoms with Crippen LogP contribution in [0.2, 0.25) is 0 Å². The van der Waals surface area contributed by atoms with E-state index in [0.717, 1.165) is 6.42 Å². The Morgan fingerprint density at radius 2 is 1.87 bits per heavy atom. The van der Waals surface area contributed by atoms with Crippen LogP contribution in [0.1, 0.15) is 19.8 Å². The van der Waals surface area contributed by atoms with Crippen molar-refractivity contribution in [3.05, 3.63) is 0 Å². The molecule has 1 rings (SSSR count). The number of piperazine rings is 1. The first kappa shape index (κ1) is 11.6. The number of carbonyl (C=O) groups excluding carboxylic acids is 2. The lowest BCUT2D eigenvalue weighted by Crippen LogP contribution is -2.54. The van der Waals surface area contributed by atoms with E-state index >= 15 is 0 Å². The first-order chi connectivity index (χ1) is 7.20. The van der Waals surface area contributed by atoms with Crippen LogP contribution in [0.4, 0.5) is 0 Å². The molecule has 0 N–H and O–H groups in total. The molecule has 0 aromatic heterocycles. The molecule has 82 valence electrons. The number of terminal acetylenes is 1. The number of nitrogens with zero attached hydrogens (tertiary/aromatic N) is 2. The van der Waals surface area contributed by atoms with Crippen LogP contribution in [0.25, 0.3) is 0 Å². The summed E-state index contributed by atoms with van der Waals surface area (Å²) in [7, 11) is 0. The molecule has 4 nitrogen and oxygen atoms in total. The van der Waals surface area contributed by atoms with E-state index in [4.69, 9.17) is 6.42 Å². The Kier molecular flexibility index (Phi) is 4.17. The highest BCUT2D eigenvalue weighted by Crippen LogP contribution is 2.05. The second kappa shape index (κ2) is 5.40. The summed E-state index contributed by atoms with van der Waals surface area (Å²) >= 11 is 0. The third-order valence-electron chi connectivity index (χ3n) is 2.53. The predicted molar refractivity (Wildman–Crippen MR) is 56.9 cm³/mol. The molecule has 0 aliphatic carbocycles. The summed E-state index contributed by atoms with van der Waals surface area (Å²) in [5, 5.41) is 0. The molecule has 4 heteroatoms. The summed E-state index contributed by atoms with van der Waals surface area (Å²) in [5.74, 6) is 1.75. The Bertz CT molecular complexity index is 293. The summed E-state index contributed by atoms with van der Waals surface area (Å²) < 4.78 is 0. The normalized spacial score (nSPS) is 16.8. The van der Waals surface area contributed by atoms with Crippen LogP contribution in [-0.4, -0.2) is 47.8 Å². The van der Waals surface area contributed by atoms with Gasteiger partial charge in [0.1, 0.15) is 0 Å². The number of unbranched alkanes of at least 4 members (excludes halogenated alkanes) is 1. The fourth-order valence-corrected chi connectivity index (χ4v) is 1.60. The molecule has 1 saturated heterocycles. The maximum Gasteiger partial charge on any atom is 0.312 e. The van der Waals surface area contributed by atoms with Crippen molar-refractivity contribution < 1.29 is 9.59 Å². The van der Waals surface area contributed by atoms with Gasteiger partial charge in [0.25, 0.3) is 0 Å². The second-order valence-corrected chi connectivity index (χ2v) is 3.48. The Morgan fingerprint density at radius 3 is 2.47 bits per heavy atom. The van der Waals surface area contributed by atoms with Gasteiger partial charge in [-0.05, 0) is 13.3 Å². The molecule has 0 unspecified atom stereocenters. The SMILES string of the molecule is C#CCCCN1CCN(CC)C(=O)C1=O. The lowest BCUT2D eigenvalue weighted by atomic mass is 10.2. The highest BCUT2D eigenvalue weighted by atomic mass is 16.2. The zero-order valence-corrected chi connectivity index (χ0v) is 9.03. The van der Waals surface area contributed by atoms with Gasteiger partial charge in [0.05, 0.1) is 0 Å². The highest BCUT2D eigenvalue weighted by Gasteiger charge is 2.30. The molecule has 0 saturated carbocycles. The van der Waals surface area contributed by atoms with Gasteiger partial charge in [0, 0.05) is 32.6 Å². The van der Waals surface area contributed by atoms with E-state index in [2.05, 4.69) is 5.92 Å². The van der Waals surface area contributed by atoms with E-state index in [1.807, 2.05) is 6.92 Å². The van der Waals surface area contributed by atoms with E-state index in [9.17, 15) is 9.59 Å². The molecule has 0 spiro atoms. The van der Waals surface area contributed by atoms with Crippen molar-refractivity contribution in [3.8, 4) is 12.3 Å². The minimum Gasteiger partial charge on any atom is -0.333 e. The van der Waals surface area contributed by atoms with Crippen LogP contribution in [0.5, 0.6) is 0 Å². The van der Waals surface area contributed by atoms with Crippen molar-refractivity contribution in [2.75, 3.05) is 26.2 Å². The molecular weight excluding hydrogens is 192 g/mol. The van der Waals surface area contributed by atoms with Crippen molar-refractivity contribution in [2.24, 2.45) is 0 Å². The fraction of sp³-hybridized carbons (Fsp3) is 0.636. The number of amides is 2. The van der Waals surface area contributed by atoms with Gasteiger partial charge in [-0.15, -0.1) is 12.3 Å². The first-order valence-corrected chi connectivity index (χ1v) is 5.22. The van der Waals surface area contributed by atoms with E-state index in [1.165, 1.54) is 0 Å². The van der Waals surface area contributed by atoms with Crippen molar-refractivity contribution in [1.82, 2.24) is 9.80 Å². The van der Waals surface area contributed by atoms with Crippen molar-refractivity contribution in [2.45, 2.75) is 19.8 Å². The molecule has 0 aromatic rings. The third kappa shape index (κ3) is 2.72. The van der Waals surface area contributed by atoms with Gasteiger partial charge in [-0.1, -0.05) is 0 Å². The monoisotopic (exact) mass is 208 g/mol. The molecule has 2 amide bonds. The number of hydrogen-bond acceptors (Lipinski definition) is 2. The minimum absolute atomic E-state index is 0.385. The molecular formula is C11H16N2O2. The summed E-state index contributed by atoms with van der Waals surface area (Å²) in [6.07, 6.45) is 6.53. The highest BCUT2D eigenvalue weighted by molar-refractivity contribution is 6.35. The Balaban J connectivity index is 2.46. The Labute approximate surface area is 90.2 Å². The number of rotatable bonds is 4. The number of carbonyl (C=O) groups is 2. The standard InChI is InChI=1S/C11H16N2O2/c1-3-5-6-7-13-9-8-12(4-2)10(14)11(13)15/h1H,4-9H2,2H3. The lowest BCUT2D eigenvalue weighted by Gasteiger charge is -2.32. The second-order valence-electron chi connectivity index (χ2n) is 3.48. The van der Waals surface area contributed by atoms with Gasteiger partial charge in [-0.2, -0.15) is 0 Å². The quantitative estimate of drug-likeness (QED) is 0.373. The predicted octanol–water partition coefficient (Wildman–Crippen LogP) is 0.0905. The van der Waals surface area contributed by atoms with Crippen molar-refractivity contribution >= 4 is 11.8 Å². The van der Waals surface area contributed by atoms with Gasteiger partial charge in [-0.3, -0.25) is 9.59 Å².